The first kappa shape index (κ1) is 10.5. The number of nitrogens with zero attached hydrogens (tertiary/aromatic N) is 4. The molecule has 3 N–H and O–H groups in total. The first-order valence-electron chi connectivity index (χ1n) is 5.26. The van der Waals surface area contributed by atoms with Crippen LogP contribution >= 0.6 is 0 Å². The summed E-state index contributed by atoms with van der Waals surface area (Å²) >= 11 is 0. The number of unbranched alkanes of at least 4 members (excludes halogenated alkanes) is 1. The molecule has 2 heterocycles. The summed E-state index contributed by atoms with van der Waals surface area (Å²) in [7, 11) is 0. The van der Waals surface area contributed by atoms with Gasteiger partial charge >= 0.3 is 0 Å². The molecular weight excluding hydrogens is 204 g/mol. The molecular formula is C10H14N6. The fourth-order valence-corrected chi connectivity index (χ4v) is 1.53. The second-order valence-electron chi connectivity index (χ2n) is 3.62. The number of nitrogen functional groups attached to an aromatic ring is 1. The highest BCUT2D eigenvalue weighted by Gasteiger charge is 2.09. The lowest BCUT2D eigenvalue weighted by Crippen LogP contribution is -2.16. The van der Waals surface area contributed by atoms with E-state index in [0.29, 0.717) is 5.69 Å². The highest BCUT2D eigenvalue weighted by atomic mass is 15.3. The van der Waals surface area contributed by atoms with Gasteiger partial charge in [0.15, 0.2) is 5.65 Å². The summed E-state index contributed by atoms with van der Waals surface area (Å²) in [6.07, 6.45) is 6.07. The predicted octanol–water partition coefficient (Wildman–Crippen LogP) is 0.751. The molecule has 0 saturated heterocycles. The largest absolute Gasteiger partial charge is 0.382 e. The van der Waals surface area contributed by atoms with E-state index in [2.05, 4.69) is 22.0 Å². The van der Waals surface area contributed by atoms with Gasteiger partial charge in [0, 0.05) is 0 Å². The molecule has 0 aliphatic heterocycles. The number of fused-ring (bicyclic) bond motifs is 1. The zero-order chi connectivity index (χ0) is 11.5. The van der Waals surface area contributed by atoms with Crippen molar-refractivity contribution in [2.45, 2.75) is 26.2 Å². The number of rotatable bonds is 4. The van der Waals surface area contributed by atoms with Gasteiger partial charge in [0.1, 0.15) is 17.9 Å². The third-order valence-corrected chi connectivity index (χ3v) is 2.37. The lowest BCUT2D eigenvalue weighted by Gasteiger charge is -2.04. The molecule has 0 aliphatic rings. The van der Waals surface area contributed by atoms with Gasteiger partial charge in [-0.05, 0) is 12.8 Å². The molecule has 6 heteroatoms. The van der Waals surface area contributed by atoms with Crippen LogP contribution in [0.1, 0.15) is 31.2 Å². The Morgan fingerprint density at radius 1 is 1.56 bits per heavy atom. The second-order valence-corrected chi connectivity index (χ2v) is 3.62. The molecule has 0 amide bonds. The highest BCUT2D eigenvalue weighted by molar-refractivity contribution is 5.92. The van der Waals surface area contributed by atoms with E-state index in [1.807, 2.05) is 0 Å². The van der Waals surface area contributed by atoms with Crippen LogP contribution < -0.4 is 5.73 Å². The number of aromatic nitrogens is 4. The zero-order valence-corrected chi connectivity index (χ0v) is 9.14. The Hall–Kier alpha value is -1.98. The first-order valence-corrected chi connectivity index (χ1v) is 5.26. The number of hydrogen-bond acceptors (Lipinski definition) is 4. The molecule has 2 aromatic rings. The summed E-state index contributed by atoms with van der Waals surface area (Å²) in [6, 6.07) is 0. The van der Waals surface area contributed by atoms with Crippen molar-refractivity contribution < 1.29 is 0 Å². The summed E-state index contributed by atoms with van der Waals surface area (Å²) in [5, 5.41) is 11.4. The quantitative estimate of drug-likeness (QED) is 0.585. The molecule has 0 saturated carbocycles. The number of nitrogens with one attached hydrogen (secondary N) is 1. The molecule has 16 heavy (non-hydrogen) atoms. The topological polar surface area (TPSA) is 93.0 Å². The Morgan fingerprint density at radius 2 is 2.38 bits per heavy atom. The van der Waals surface area contributed by atoms with Gasteiger partial charge in [-0.2, -0.15) is 5.10 Å². The van der Waals surface area contributed by atoms with Crippen molar-refractivity contribution >= 4 is 11.5 Å². The first-order chi connectivity index (χ1) is 7.72. The normalized spacial score (nSPS) is 10.8. The maximum absolute atomic E-state index is 7.39. The van der Waals surface area contributed by atoms with Gasteiger partial charge in [0.2, 0.25) is 0 Å². The smallest absolute Gasteiger partial charge is 0.176 e. The minimum absolute atomic E-state index is 0.0462. The maximum atomic E-state index is 7.39. The lowest BCUT2D eigenvalue weighted by molar-refractivity contribution is 0.769. The van der Waals surface area contributed by atoms with Crippen LogP contribution in [0.3, 0.4) is 0 Å². The van der Waals surface area contributed by atoms with E-state index in [1.54, 1.807) is 10.7 Å². The molecule has 0 fully saturated rings. The van der Waals surface area contributed by atoms with Gasteiger partial charge in [-0.1, -0.05) is 13.3 Å². The molecule has 2 aromatic heterocycles. The monoisotopic (exact) mass is 218 g/mol. The molecule has 6 nitrogen and oxygen atoms in total. The van der Waals surface area contributed by atoms with Crippen LogP contribution in [0.2, 0.25) is 0 Å². The van der Waals surface area contributed by atoms with E-state index in [1.165, 1.54) is 6.33 Å². The van der Waals surface area contributed by atoms with Crippen LogP contribution in [0, 0.1) is 5.41 Å². The van der Waals surface area contributed by atoms with Crippen LogP contribution in [-0.4, -0.2) is 25.4 Å². The Labute approximate surface area is 93.0 Å². The summed E-state index contributed by atoms with van der Waals surface area (Å²) in [5.41, 5.74) is 7.48. The van der Waals surface area contributed by atoms with Gasteiger partial charge in [0.05, 0.1) is 11.9 Å². The second kappa shape index (κ2) is 4.26. The van der Waals surface area contributed by atoms with E-state index in [9.17, 15) is 0 Å². The minimum atomic E-state index is -0.0462. The van der Waals surface area contributed by atoms with Crippen LogP contribution in [0.4, 0.5) is 0 Å². The summed E-state index contributed by atoms with van der Waals surface area (Å²) in [4.78, 5) is 8.49. The van der Waals surface area contributed by atoms with Crippen LogP contribution in [-0.2, 0) is 6.42 Å². The van der Waals surface area contributed by atoms with Crippen molar-refractivity contribution in [3.63, 3.8) is 0 Å². The molecule has 2 rings (SSSR count). The van der Waals surface area contributed by atoms with E-state index in [-0.39, 0.29) is 5.84 Å². The Bertz CT molecular complexity index is 515. The zero-order valence-electron chi connectivity index (χ0n) is 9.14. The van der Waals surface area contributed by atoms with Crippen LogP contribution in [0.25, 0.3) is 5.65 Å². The average molecular weight is 218 g/mol. The average Bonchev–Trinajstić information content (AvgIpc) is 2.73. The van der Waals surface area contributed by atoms with Crippen molar-refractivity contribution in [1.29, 1.82) is 5.41 Å². The van der Waals surface area contributed by atoms with Gasteiger partial charge in [-0.15, -0.1) is 0 Å². The van der Waals surface area contributed by atoms with Crippen LogP contribution in [0.15, 0.2) is 12.5 Å². The molecule has 0 aliphatic carbocycles. The van der Waals surface area contributed by atoms with Crippen molar-refractivity contribution in [3.8, 4) is 0 Å². The van der Waals surface area contributed by atoms with Crippen molar-refractivity contribution in [3.05, 3.63) is 23.9 Å². The maximum Gasteiger partial charge on any atom is 0.176 e. The minimum Gasteiger partial charge on any atom is -0.382 e. The number of aryl methyl sites for hydroxylation is 1. The molecule has 0 bridgehead atoms. The van der Waals surface area contributed by atoms with Crippen molar-refractivity contribution in [2.24, 2.45) is 5.73 Å². The lowest BCUT2D eigenvalue weighted by atomic mass is 10.2. The molecule has 0 unspecified atom stereocenters. The van der Waals surface area contributed by atoms with Gasteiger partial charge < -0.3 is 5.73 Å². The van der Waals surface area contributed by atoms with E-state index >= 15 is 0 Å². The third kappa shape index (κ3) is 1.86. The molecule has 0 atom stereocenters. The predicted molar refractivity (Wildman–Crippen MR) is 60.4 cm³/mol. The van der Waals surface area contributed by atoms with Gasteiger partial charge in [0.25, 0.3) is 0 Å². The standard InChI is InChI=1S/C10H14N6/c1-2-3-4-7-10-13-6-14-16(10)5-8(15-7)9(11)12/h5-6H,2-4H2,1H3,(H3,11,12). The van der Waals surface area contributed by atoms with Crippen LogP contribution in [0.5, 0.6) is 0 Å². The van der Waals surface area contributed by atoms with E-state index in [0.717, 1.165) is 30.6 Å². The number of amidine groups is 1. The Morgan fingerprint density at radius 3 is 3.06 bits per heavy atom. The Balaban J connectivity index is 2.50. The summed E-state index contributed by atoms with van der Waals surface area (Å²) in [6.45, 7) is 2.12. The number of nitrogens with two attached hydrogens (primary N) is 1. The molecule has 0 aromatic carbocycles. The Kier molecular flexibility index (Phi) is 2.80. The fraction of sp³-hybridized carbons (Fsp3) is 0.400. The highest BCUT2D eigenvalue weighted by Crippen LogP contribution is 2.09. The molecule has 0 radical (unpaired) electrons. The molecule has 84 valence electrons. The fourth-order valence-electron chi connectivity index (χ4n) is 1.53. The van der Waals surface area contributed by atoms with E-state index in [4.69, 9.17) is 11.1 Å². The van der Waals surface area contributed by atoms with Gasteiger partial charge in [-0.3, -0.25) is 5.41 Å². The SMILES string of the molecule is CCCCc1nc(C(=N)N)cn2ncnc12. The molecule has 0 spiro atoms. The summed E-state index contributed by atoms with van der Waals surface area (Å²) < 4.78 is 1.62. The third-order valence-electron chi connectivity index (χ3n) is 2.37. The van der Waals surface area contributed by atoms with E-state index < -0.39 is 0 Å². The van der Waals surface area contributed by atoms with Gasteiger partial charge in [-0.25, -0.2) is 14.5 Å². The summed E-state index contributed by atoms with van der Waals surface area (Å²) in [5.74, 6) is -0.0462. The van der Waals surface area contributed by atoms with Crippen molar-refractivity contribution in [1.82, 2.24) is 19.6 Å². The number of hydrogen-bond donors (Lipinski definition) is 2. The van der Waals surface area contributed by atoms with Crippen molar-refractivity contribution in [2.75, 3.05) is 0 Å².